The summed E-state index contributed by atoms with van der Waals surface area (Å²) in [6.07, 6.45) is 2.95. The van der Waals surface area contributed by atoms with Gasteiger partial charge in [-0.05, 0) is 31.9 Å². The van der Waals surface area contributed by atoms with Crippen molar-refractivity contribution in [2.45, 2.75) is 25.9 Å². The second-order valence-corrected chi connectivity index (χ2v) is 4.18. The monoisotopic (exact) mass is 220 g/mol. The third kappa shape index (κ3) is 2.22. The summed E-state index contributed by atoms with van der Waals surface area (Å²) in [7, 11) is 0. The SMILES string of the molecule is Cc1ncccc1C(=O)N1CCCC(O)C1. The molecule has 0 saturated carbocycles. The van der Waals surface area contributed by atoms with Gasteiger partial charge in [-0.2, -0.15) is 0 Å². The molecule has 1 N–H and O–H groups in total. The van der Waals surface area contributed by atoms with Crippen LogP contribution in [0.5, 0.6) is 0 Å². The van der Waals surface area contributed by atoms with E-state index >= 15 is 0 Å². The smallest absolute Gasteiger partial charge is 0.255 e. The van der Waals surface area contributed by atoms with Crippen LogP contribution in [0, 0.1) is 6.92 Å². The van der Waals surface area contributed by atoms with Gasteiger partial charge in [-0.1, -0.05) is 0 Å². The molecule has 1 amide bonds. The Morgan fingerprint density at radius 2 is 2.44 bits per heavy atom. The molecular weight excluding hydrogens is 204 g/mol. The lowest BCUT2D eigenvalue weighted by molar-refractivity contribution is 0.0472. The molecule has 1 atom stereocenters. The van der Waals surface area contributed by atoms with E-state index in [9.17, 15) is 9.90 Å². The predicted octanol–water partition coefficient (Wildman–Crippen LogP) is 0.987. The zero-order valence-electron chi connectivity index (χ0n) is 9.39. The molecular formula is C12H16N2O2. The van der Waals surface area contributed by atoms with E-state index in [4.69, 9.17) is 0 Å². The number of rotatable bonds is 1. The Bertz CT molecular complexity index is 392. The van der Waals surface area contributed by atoms with Gasteiger partial charge in [-0.25, -0.2) is 0 Å². The van der Waals surface area contributed by atoms with Gasteiger partial charge in [0.1, 0.15) is 0 Å². The molecule has 1 unspecified atom stereocenters. The van der Waals surface area contributed by atoms with E-state index in [0.29, 0.717) is 12.1 Å². The second-order valence-electron chi connectivity index (χ2n) is 4.18. The maximum absolute atomic E-state index is 12.1. The quantitative estimate of drug-likeness (QED) is 0.767. The number of aryl methyl sites for hydroxylation is 1. The van der Waals surface area contributed by atoms with Crippen molar-refractivity contribution in [3.8, 4) is 0 Å². The Hall–Kier alpha value is -1.42. The van der Waals surface area contributed by atoms with Gasteiger partial charge in [-0.3, -0.25) is 9.78 Å². The summed E-state index contributed by atoms with van der Waals surface area (Å²) < 4.78 is 0. The van der Waals surface area contributed by atoms with Crippen molar-refractivity contribution in [3.63, 3.8) is 0 Å². The van der Waals surface area contributed by atoms with Gasteiger partial charge < -0.3 is 10.0 Å². The number of likely N-dealkylation sites (tertiary alicyclic amines) is 1. The van der Waals surface area contributed by atoms with Crippen molar-refractivity contribution >= 4 is 5.91 Å². The Labute approximate surface area is 94.9 Å². The molecule has 86 valence electrons. The average Bonchev–Trinajstić information content (AvgIpc) is 2.29. The first-order chi connectivity index (χ1) is 7.68. The van der Waals surface area contributed by atoms with E-state index in [1.165, 1.54) is 0 Å². The zero-order chi connectivity index (χ0) is 11.5. The zero-order valence-corrected chi connectivity index (χ0v) is 9.39. The number of piperidine rings is 1. The summed E-state index contributed by atoms with van der Waals surface area (Å²) in [4.78, 5) is 18.0. The van der Waals surface area contributed by atoms with Crippen LogP contribution in [-0.2, 0) is 0 Å². The number of aromatic nitrogens is 1. The number of aliphatic hydroxyl groups excluding tert-OH is 1. The van der Waals surface area contributed by atoms with Crippen molar-refractivity contribution in [2.75, 3.05) is 13.1 Å². The number of amides is 1. The Kier molecular flexibility index (Phi) is 3.19. The highest BCUT2D eigenvalue weighted by atomic mass is 16.3. The van der Waals surface area contributed by atoms with E-state index in [1.807, 2.05) is 6.92 Å². The number of hydrogen-bond acceptors (Lipinski definition) is 3. The van der Waals surface area contributed by atoms with Gasteiger partial charge in [0.05, 0.1) is 11.7 Å². The number of nitrogens with zero attached hydrogens (tertiary/aromatic N) is 2. The predicted molar refractivity (Wildman–Crippen MR) is 60.1 cm³/mol. The minimum atomic E-state index is -0.380. The van der Waals surface area contributed by atoms with Gasteiger partial charge in [0, 0.05) is 25.0 Å². The van der Waals surface area contributed by atoms with Crippen LogP contribution in [0.1, 0.15) is 28.9 Å². The highest BCUT2D eigenvalue weighted by Crippen LogP contribution is 2.14. The number of aliphatic hydroxyl groups is 1. The summed E-state index contributed by atoms with van der Waals surface area (Å²) >= 11 is 0. The molecule has 1 saturated heterocycles. The largest absolute Gasteiger partial charge is 0.391 e. The molecule has 2 rings (SSSR count). The van der Waals surface area contributed by atoms with Crippen LogP contribution >= 0.6 is 0 Å². The van der Waals surface area contributed by atoms with Crippen molar-refractivity contribution in [1.29, 1.82) is 0 Å². The second kappa shape index (κ2) is 4.61. The number of pyridine rings is 1. The van der Waals surface area contributed by atoms with E-state index in [0.717, 1.165) is 25.1 Å². The molecule has 4 heteroatoms. The first-order valence-corrected chi connectivity index (χ1v) is 5.57. The summed E-state index contributed by atoms with van der Waals surface area (Å²) in [6, 6.07) is 3.55. The molecule has 1 fully saturated rings. The molecule has 0 spiro atoms. The fourth-order valence-electron chi connectivity index (χ4n) is 2.02. The molecule has 4 nitrogen and oxygen atoms in total. The van der Waals surface area contributed by atoms with Crippen LogP contribution in [0.4, 0.5) is 0 Å². The maximum atomic E-state index is 12.1. The van der Waals surface area contributed by atoms with Crippen LogP contribution in [-0.4, -0.2) is 40.1 Å². The molecule has 0 aliphatic carbocycles. The van der Waals surface area contributed by atoms with E-state index < -0.39 is 0 Å². The van der Waals surface area contributed by atoms with Gasteiger partial charge >= 0.3 is 0 Å². The highest BCUT2D eigenvalue weighted by Gasteiger charge is 2.23. The van der Waals surface area contributed by atoms with Crippen LogP contribution in [0.15, 0.2) is 18.3 Å². The molecule has 16 heavy (non-hydrogen) atoms. The van der Waals surface area contributed by atoms with Gasteiger partial charge in [0.2, 0.25) is 0 Å². The molecule has 1 aromatic heterocycles. The minimum Gasteiger partial charge on any atom is -0.391 e. The molecule has 0 aromatic carbocycles. The fourth-order valence-corrected chi connectivity index (χ4v) is 2.02. The number of hydrogen-bond donors (Lipinski definition) is 1. The lowest BCUT2D eigenvalue weighted by Gasteiger charge is -2.30. The minimum absolute atomic E-state index is 0.0237. The first kappa shape index (κ1) is 11.1. The fraction of sp³-hybridized carbons (Fsp3) is 0.500. The molecule has 1 aliphatic rings. The molecule has 0 radical (unpaired) electrons. The normalized spacial score (nSPS) is 20.9. The topological polar surface area (TPSA) is 53.4 Å². The highest BCUT2D eigenvalue weighted by molar-refractivity contribution is 5.95. The van der Waals surface area contributed by atoms with Gasteiger partial charge in [-0.15, -0.1) is 0 Å². The molecule has 1 aromatic rings. The number of carbonyl (C=O) groups excluding carboxylic acids is 1. The third-order valence-electron chi connectivity index (χ3n) is 2.92. The number of carbonyl (C=O) groups is 1. The van der Waals surface area contributed by atoms with Crippen molar-refractivity contribution < 1.29 is 9.90 Å². The molecule has 0 bridgehead atoms. The van der Waals surface area contributed by atoms with Gasteiger partial charge in [0.15, 0.2) is 0 Å². The summed E-state index contributed by atoms with van der Waals surface area (Å²) in [6.45, 7) is 2.99. The third-order valence-corrected chi connectivity index (χ3v) is 2.92. The van der Waals surface area contributed by atoms with Gasteiger partial charge in [0.25, 0.3) is 5.91 Å². The van der Waals surface area contributed by atoms with Crippen molar-refractivity contribution in [2.24, 2.45) is 0 Å². The van der Waals surface area contributed by atoms with Crippen molar-refractivity contribution in [1.82, 2.24) is 9.88 Å². The van der Waals surface area contributed by atoms with Crippen molar-refractivity contribution in [3.05, 3.63) is 29.6 Å². The summed E-state index contributed by atoms with van der Waals surface area (Å²) in [5, 5.41) is 9.54. The lowest BCUT2D eigenvalue weighted by Crippen LogP contribution is -2.42. The van der Waals surface area contributed by atoms with Crippen LogP contribution in [0.3, 0.4) is 0 Å². The summed E-state index contributed by atoms with van der Waals surface area (Å²) in [5.41, 5.74) is 1.38. The molecule has 2 heterocycles. The van der Waals surface area contributed by atoms with Crippen LogP contribution in [0.25, 0.3) is 0 Å². The Morgan fingerprint density at radius 3 is 3.12 bits per heavy atom. The number of β-amino-alcohol motifs (C(OH)–C–C–N with tert-alkyl or cyclic N) is 1. The van der Waals surface area contributed by atoms with Crippen LogP contribution < -0.4 is 0 Å². The maximum Gasteiger partial charge on any atom is 0.255 e. The standard InChI is InChI=1S/C12H16N2O2/c1-9-11(5-2-6-13-9)12(16)14-7-3-4-10(15)8-14/h2,5-6,10,15H,3-4,7-8H2,1H3. The first-order valence-electron chi connectivity index (χ1n) is 5.57. The molecule has 1 aliphatic heterocycles. The lowest BCUT2D eigenvalue weighted by atomic mass is 10.1. The average molecular weight is 220 g/mol. The Morgan fingerprint density at radius 1 is 1.62 bits per heavy atom. The van der Waals surface area contributed by atoms with E-state index in [-0.39, 0.29) is 12.0 Å². The Balaban J connectivity index is 2.16. The van der Waals surface area contributed by atoms with Crippen LogP contribution in [0.2, 0.25) is 0 Å². The van der Waals surface area contributed by atoms with E-state index in [1.54, 1.807) is 23.2 Å². The van der Waals surface area contributed by atoms with E-state index in [2.05, 4.69) is 4.98 Å². The summed E-state index contributed by atoms with van der Waals surface area (Å²) in [5.74, 6) is -0.0237.